The summed E-state index contributed by atoms with van der Waals surface area (Å²) in [7, 11) is 0. The number of aromatic nitrogens is 1. The van der Waals surface area contributed by atoms with E-state index in [2.05, 4.69) is 15.6 Å². The Morgan fingerprint density at radius 3 is 2.77 bits per heavy atom. The summed E-state index contributed by atoms with van der Waals surface area (Å²) in [5.74, 6) is -1.35. The summed E-state index contributed by atoms with van der Waals surface area (Å²) in [6, 6.07) is 4.41. The number of hydrogen-bond acceptors (Lipinski definition) is 3. The van der Waals surface area contributed by atoms with Crippen LogP contribution in [0.15, 0.2) is 36.7 Å². The summed E-state index contributed by atoms with van der Waals surface area (Å²) in [4.78, 5) is 15.2. The van der Waals surface area contributed by atoms with Gasteiger partial charge in [0.1, 0.15) is 5.82 Å². The third kappa shape index (κ3) is 4.12. The molecule has 0 radical (unpaired) electrons. The molecule has 1 aromatic carbocycles. The third-order valence-corrected chi connectivity index (χ3v) is 3.11. The first-order valence-corrected chi connectivity index (χ1v) is 6.62. The second kappa shape index (κ2) is 7.15. The Kier molecular flexibility index (Phi) is 5.24. The minimum Gasteiger partial charge on any atom is -0.387 e. The molecule has 1 atom stereocenters. The molecular weight excluding hydrogens is 316 g/mol. The zero-order chi connectivity index (χ0) is 16.1. The van der Waals surface area contributed by atoms with Crippen molar-refractivity contribution < 1.29 is 18.7 Å². The molecule has 8 heteroatoms. The highest BCUT2D eigenvalue weighted by molar-refractivity contribution is 6.30. The van der Waals surface area contributed by atoms with Crippen LogP contribution in [0.2, 0.25) is 5.02 Å². The van der Waals surface area contributed by atoms with Gasteiger partial charge in [0, 0.05) is 12.7 Å². The highest BCUT2D eigenvalue weighted by Crippen LogP contribution is 2.20. The van der Waals surface area contributed by atoms with Gasteiger partial charge in [-0.2, -0.15) is 0 Å². The van der Waals surface area contributed by atoms with Crippen LogP contribution >= 0.6 is 11.6 Å². The average molecular weight is 328 g/mol. The smallest absolute Gasteiger partial charge is 0.319 e. The van der Waals surface area contributed by atoms with Gasteiger partial charge in [0.15, 0.2) is 5.82 Å². The van der Waals surface area contributed by atoms with Crippen molar-refractivity contribution in [1.29, 1.82) is 0 Å². The largest absolute Gasteiger partial charge is 0.387 e. The van der Waals surface area contributed by atoms with E-state index in [0.29, 0.717) is 0 Å². The molecule has 3 N–H and O–H groups in total. The molecule has 0 aliphatic heterocycles. The van der Waals surface area contributed by atoms with Gasteiger partial charge in [0.2, 0.25) is 0 Å². The summed E-state index contributed by atoms with van der Waals surface area (Å²) in [5.41, 5.74) is 0.219. The number of urea groups is 1. The van der Waals surface area contributed by atoms with Crippen LogP contribution < -0.4 is 10.6 Å². The predicted octanol–water partition coefficient (Wildman–Crippen LogP) is 2.87. The number of amides is 2. The van der Waals surface area contributed by atoms with E-state index in [1.54, 1.807) is 0 Å². The Hall–Kier alpha value is -2.25. The fraction of sp³-hybridized carbons (Fsp3) is 0.143. The van der Waals surface area contributed by atoms with Crippen molar-refractivity contribution in [1.82, 2.24) is 10.3 Å². The summed E-state index contributed by atoms with van der Waals surface area (Å²) in [6.45, 7) is -0.181. The average Bonchev–Trinajstić information content (AvgIpc) is 2.50. The first-order chi connectivity index (χ1) is 10.5. The number of rotatable bonds is 4. The second-order valence-corrected chi connectivity index (χ2v) is 4.79. The van der Waals surface area contributed by atoms with Gasteiger partial charge < -0.3 is 15.7 Å². The number of pyridine rings is 1. The molecule has 0 aliphatic rings. The van der Waals surface area contributed by atoms with E-state index in [9.17, 15) is 18.7 Å². The lowest BCUT2D eigenvalue weighted by atomic mass is 10.1. The number of halogens is 3. The number of nitrogens with zero attached hydrogens (tertiary/aromatic N) is 1. The van der Waals surface area contributed by atoms with Gasteiger partial charge in [-0.3, -0.25) is 4.98 Å². The molecule has 2 amide bonds. The van der Waals surface area contributed by atoms with Gasteiger partial charge in [-0.05, 0) is 23.8 Å². The Labute approximate surface area is 129 Å². The fourth-order valence-corrected chi connectivity index (χ4v) is 1.79. The molecule has 1 heterocycles. The predicted molar refractivity (Wildman–Crippen MR) is 77.6 cm³/mol. The van der Waals surface area contributed by atoms with E-state index in [-0.39, 0.29) is 22.8 Å². The normalized spacial score (nSPS) is 11.8. The molecule has 1 aromatic heterocycles. The monoisotopic (exact) mass is 327 g/mol. The molecule has 0 saturated heterocycles. The summed E-state index contributed by atoms with van der Waals surface area (Å²) < 4.78 is 26.6. The maximum atomic E-state index is 13.3. The van der Waals surface area contributed by atoms with Gasteiger partial charge in [0.05, 0.1) is 23.0 Å². The zero-order valence-electron chi connectivity index (χ0n) is 11.2. The number of aliphatic hydroxyl groups excluding tert-OH is 1. The van der Waals surface area contributed by atoms with Gasteiger partial charge in [-0.15, -0.1) is 0 Å². The van der Waals surface area contributed by atoms with Crippen LogP contribution in [0.4, 0.5) is 19.3 Å². The van der Waals surface area contributed by atoms with Crippen molar-refractivity contribution in [3.8, 4) is 0 Å². The molecule has 22 heavy (non-hydrogen) atoms. The summed E-state index contributed by atoms with van der Waals surface area (Å²) >= 11 is 5.54. The second-order valence-electron chi connectivity index (χ2n) is 4.38. The van der Waals surface area contributed by atoms with Crippen LogP contribution in [0.5, 0.6) is 0 Å². The van der Waals surface area contributed by atoms with Crippen LogP contribution in [-0.2, 0) is 0 Å². The quantitative estimate of drug-likeness (QED) is 0.808. The first-order valence-electron chi connectivity index (χ1n) is 6.24. The molecule has 2 aromatic rings. The highest BCUT2D eigenvalue weighted by Gasteiger charge is 2.12. The molecule has 116 valence electrons. The molecular formula is C14H12ClF2N3O2. The molecule has 0 fully saturated rings. The molecule has 0 spiro atoms. The van der Waals surface area contributed by atoms with Crippen molar-refractivity contribution >= 4 is 23.3 Å². The number of aliphatic hydroxyl groups is 1. The molecule has 2 rings (SSSR count). The van der Waals surface area contributed by atoms with Crippen LogP contribution in [0.3, 0.4) is 0 Å². The molecule has 0 bridgehead atoms. The standard InChI is InChI=1S/C14H12ClF2N3O2/c15-9-2-1-8(5-10(9)16)13(21)7-19-14(22)20-12-3-4-18-6-11(12)17/h1-6,13,21H,7H2,(H2,18,19,20,22)/t13-/m0/s1. The molecule has 5 nitrogen and oxygen atoms in total. The van der Waals surface area contributed by atoms with Crippen molar-refractivity contribution in [2.24, 2.45) is 0 Å². The topological polar surface area (TPSA) is 74.2 Å². The Bertz CT molecular complexity index is 685. The zero-order valence-corrected chi connectivity index (χ0v) is 11.9. The fourth-order valence-electron chi connectivity index (χ4n) is 1.67. The maximum Gasteiger partial charge on any atom is 0.319 e. The number of carbonyl (C=O) groups excluding carboxylic acids is 1. The first kappa shape index (κ1) is 16.1. The highest BCUT2D eigenvalue weighted by atomic mass is 35.5. The van der Waals surface area contributed by atoms with Crippen LogP contribution in [0.25, 0.3) is 0 Å². The van der Waals surface area contributed by atoms with E-state index in [0.717, 1.165) is 12.3 Å². The van der Waals surface area contributed by atoms with Gasteiger partial charge >= 0.3 is 6.03 Å². The Morgan fingerprint density at radius 1 is 1.32 bits per heavy atom. The summed E-state index contributed by atoms with van der Waals surface area (Å²) in [6.07, 6.45) is 1.16. The van der Waals surface area contributed by atoms with E-state index < -0.39 is 23.8 Å². The van der Waals surface area contributed by atoms with E-state index in [4.69, 9.17) is 11.6 Å². The lowest BCUT2D eigenvalue weighted by Crippen LogP contribution is -2.32. The van der Waals surface area contributed by atoms with Crippen LogP contribution in [0, 0.1) is 11.6 Å². The molecule has 0 aliphatic carbocycles. The maximum absolute atomic E-state index is 13.3. The van der Waals surface area contributed by atoms with Gasteiger partial charge in [-0.25, -0.2) is 13.6 Å². The lowest BCUT2D eigenvalue weighted by Gasteiger charge is -2.13. The molecule has 0 unspecified atom stereocenters. The van der Waals surface area contributed by atoms with Crippen molar-refractivity contribution in [3.63, 3.8) is 0 Å². The summed E-state index contributed by atoms with van der Waals surface area (Å²) in [5, 5.41) is 14.4. The SMILES string of the molecule is O=C(NC[C@H](O)c1ccc(Cl)c(F)c1)Nc1ccncc1F. The number of hydrogen-bond donors (Lipinski definition) is 3. The van der Waals surface area contributed by atoms with Crippen LogP contribution in [0.1, 0.15) is 11.7 Å². The van der Waals surface area contributed by atoms with E-state index in [1.807, 2.05) is 0 Å². The van der Waals surface area contributed by atoms with Crippen LogP contribution in [-0.4, -0.2) is 22.7 Å². The Morgan fingerprint density at radius 2 is 2.09 bits per heavy atom. The van der Waals surface area contributed by atoms with Crippen molar-refractivity contribution in [2.75, 3.05) is 11.9 Å². The van der Waals surface area contributed by atoms with Gasteiger partial charge in [-0.1, -0.05) is 17.7 Å². The number of carbonyl (C=O) groups is 1. The number of benzene rings is 1. The lowest BCUT2D eigenvalue weighted by molar-refractivity contribution is 0.174. The minimum atomic E-state index is -1.13. The molecule has 0 saturated carbocycles. The van der Waals surface area contributed by atoms with E-state index in [1.165, 1.54) is 24.4 Å². The third-order valence-electron chi connectivity index (χ3n) is 2.81. The van der Waals surface area contributed by atoms with Crippen molar-refractivity contribution in [3.05, 3.63) is 58.9 Å². The minimum absolute atomic E-state index is 0.0421. The van der Waals surface area contributed by atoms with Gasteiger partial charge in [0.25, 0.3) is 0 Å². The number of anilines is 1. The van der Waals surface area contributed by atoms with Crippen molar-refractivity contribution in [2.45, 2.75) is 6.10 Å². The Balaban J connectivity index is 1.90. The number of nitrogens with one attached hydrogen (secondary N) is 2. The van der Waals surface area contributed by atoms with E-state index >= 15 is 0 Å².